The summed E-state index contributed by atoms with van der Waals surface area (Å²) < 4.78 is 5.36. The molecule has 0 saturated heterocycles. The predicted octanol–water partition coefficient (Wildman–Crippen LogP) is 2.47. The summed E-state index contributed by atoms with van der Waals surface area (Å²) in [6, 6.07) is 8.53. The standard InChI is InChI=1S/C16H22N4O/c1-2-5-15-18-16(21-19-15)11-20-10-12(8-9-17)13-6-3-4-7-14(13)20/h3-4,6-7,12H,2,5,8-11,17H2,1H3. The Morgan fingerprint density at radius 3 is 3.05 bits per heavy atom. The third-order valence-electron chi connectivity index (χ3n) is 3.98. The first kappa shape index (κ1) is 14.1. The maximum absolute atomic E-state index is 5.74. The molecule has 3 rings (SSSR count). The van der Waals surface area contributed by atoms with Crippen molar-refractivity contribution < 1.29 is 4.52 Å². The van der Waals surface area contributed by atoms with E-state index in [9.17, 15) is 0 Å². The van der Waals surface area contributed by atoms with Gasteiger partial charge in [-0.25, -0.2) is 0 Å². The van der Waals surface area contributed by atoms with Crippen molar-refractivity contribution in [2.24, 2.45) is 5.73 Å². The molecule has 0 bridgehead atoms. The maximum atomic E-state index is 5.74. The van der Waals surface area contributed by atoms with E-state index in [1.807, 2.05) is 0 Å². The Balaban J connectivity index is 1.76. The highest BCUT2D eigenvalue weighted by Gasteiger charge is 2.28. The SMILES string of the molecule is CCCc1noc(CN2CC(CCN)c3ccccc32)n1. The van der Waals surface area contributed by atoms with Gasteiger partial charge in [0.1, 0.15) is 0 Å². The summed E-state index contributed by atoms with van der Waals surface area (Å²) >= 11 is 0. The molecule has 1 aromatic carbocycles. The summed E-state index contributed by atoms with van der Waals surface area (Å²) in [6.45, 7) is 4.48. The first-order chi connectivity index (χ1) is 10.3. The number of nitrogens with two attached hydrogens (primary N) is 1. The number of hydrogen-bond acceptors (Lipinski definition) is 5. The Morgan fingerprint density at radius 1 is 1.38 bits per heavy atom. The van der Waals surface area contributed by atoms with Gasteiger partial charge in [-0.1, -0.05) is 30.3 Å². The first-order valence-electron chi connectivity index (χ1n) is 7.67. The average molecular weight is 286 g/mol. The van der Waals surface area contributed by atoms with Gasteiger partial charge in [-0.05, 0) is 31.0 Å². The lowest BCUT2D eigenvalue weighted by Gasteiger charge is -2.17. The molecule has 2 heterocycles. The molecule has 112 valence electrons. The summed E-state index contributed by atoms with van der Waals surface area (Å²) in [7, 11) is 0. The first-order valence-corrected chi connectivity index (χ1v) is 7.67. The van der Waals surface area contributed by atoms with Crippen molar-refractivity contribution in [3.8, 4) is 0 Å². The van der Waals surface area contributed by atoms with Crippen molar-refractivity contribution in [1.82, 2.24) is 10.1 Å². The molecule has 2 aromatic rings. The quantitative estimate of drug-likeness (QED) is 0.883. The number of fused-ring (bicyclic) bond motifs is 1. The van der Waals surface area contributed by atoms with Crippen LogP contribution in [0.2, 0.25) is 0 Å². The van der Waals surface area contributed by atoms with Gasteiger partial charge < -0.3 is 15.2 Å². The van der Waals surface area contributed by atoms with Crippen molar-refractivity contribution in [2.45, 2.75) is 38.6 Å². The Kier molecular flexibility index (Phi) is 4.20. The summed E-state index contributed by atoms with van der Waals surface area (Å²) in [5.41, 5.74) is 8.40. The van der Waals surface area contributed by atoms with Crippen molar-refractivity contribution >= 4 is 5.69 Å². The van der Waals surface area contributed by atoms with Gasteiger partial charge in [-0.3, -0.25) is 0 Å². The van der Waals surface area contributed by atoms with Crippen molar-refractivity contribution in [3.63, 3.8) is 0 Å². The molecule has 5 nitrogen and oxygen atoms in total. The molecule has 0 fully saturated rings. The van der Waals surface area contributed by atoms with Crippen LogP contribution in [0.5, 0.6) is 0 Å². The number of rotatable bonds is 6. The second-order valence-corrected chi connectivity index (χ2v) is 5.57. The van der Waals surface area contributed by atoms with Gasteiger partial charge in [0.25, 0.3) is 0 Å². The van der Waals surface area contributed by atoms with Crippen LogP contribution in [0.4, 0.5) is 5.69 Å². The fraction of sp³-hybridized carbons (Fsp3) is 0.500. The van der Waals surface area contributed by atoms with Gasteiger partial charge in [0.05, 0.1) is 6.54 Å². The van der Waals surface area contributed by atoms with Crippen molar-refractivity contribution in [1.29, 1.82) is 0 Å². The van der Waals surface area contributed by atoms with Gasteiger partial charge in [-0.2, -0.15) is 4.98 Å². The molecular formula is C16H22N4O. The lowest BCUT2D eigenvalue weighted by Crippen LogP contribution is -2.22. The van der Waals surface area contributed by atoms with E-state index in [0.29, 0.717) is 24.9 Å². The minimum Gasteiger partial charge on any atom is -0.361 e. The van der Waals surface area contributed by atoms with E-state index in [0.717, 1.165) is 31.6 Å². The molecule has 1 aliphatic heterocycles. The highest BCUT2D eigenvalue weighted by molar-refractivity contribution is 5.60. The van der Waals surface area contributed by atoms with Crippen LogP contribution in [0.3, 0.4) is 0 Å². The molecule has 0 saturated carbocycles. The largest absolute Gasteiger partial charge is 0.361 e. The zero-order valence-electron chi connectivity index (χ0n) is 12.5. The molecule has 1 atom stereocenters. The number of aryl methyl sites for hydroxylation is 1. The molecule has 1 aliphatic rings. The highest BCUT2D eigenvalue weighted by Crippen LogP contribution is 2.38. The van der Waals surface area contributed by atoms with Crippen LogP contribution in [0, 0.1) is 0 Å². The van der Waals surface area contributed by atoms with E-state index in [4.69, 9.17) is 10.3 Å². The number of aromatic nitrogens is 2. The van der Waals surface area contributed by atoms with E-state index in [-0.39, 0.29) is 0 Å². The topological polar surface area (TPSA) is 68.2 Å². The van der Waals surface area contributed by atoms with E-state index in [1.54, 1.807) is 0 Å². The van der Waals surface area contributed by atoms with Crippen LogP contribution in [0.25, 0.3) is 0 Å². The summed E-state index contributed by atoms with van der Waals surface area (Å²) in [5.74, 6) is 2.00. The van der Waals surface area contributed by atoms with Gasteiger partial charge >= 0.3 is 0 Å². The third kappa shape index (κ3) is 2.93. The van der Waals surface area contributed by atoms with Gasteiger partial charge in [0, 0.05) is 24.6 Å². The van der Waals surface area contributed by atoms with Crippen LogP contribution in [-0.4, -0.2) is 23.2 Å². The van der Waals surface area contributed by atoms with E-state index in [2.05, 4.69) is 46.2 Å². The third-order valence-corrected chi connectivity index (χ3v) is 3.98. The second-order valence-electron chi connectivity index (χ2n) is 5.57. The lowest BCUT2D eigenvalue weighted by molar-refractivity contribution is 0.370. The normalized spacial score (nSPS) is 17.2. The molecule has 2 N–H and O–H groups in total. The van der Waals surface area contributed by atoms with Gasteiger partial charge in [0.15, 0.2) is 5.82 Å². The minimum absolute atomic E-state index is 0.504. The predicted molar refractivity (Wildman–Crippen MR) is 82.2 cm³/mol. The van der Waals surface area contributed by atoms with Crippen molar-refractivity contribution in [2.75, 3.05) is 18.0 Å². The van der Waals surface area contributed by atoms with E-state index >= 15 is 0 Å². The van der Waals surface area contributed by atoms with Crippen LogP contribution in [-0.2, 0) is 13.0 Å². The van der Waals surface area contributed by atoms with Crippen molar-refractivity contribution in [3.05, 3.63) is 41.5 Å². The molecule has 1 aromatic heterocycles. The molecule has 0 aliphatic carbocycles. The molecule has 5 heteroatoms. The zero-order valence-corrected chi connectivity index (χ0v) is 12.5. The molecular weight excluding hydrogens is 264 g/mol. The summed E-state index contributed by atoms with van der Waals surface area (Å²) in [4.78, 5) is 6.78. The fourth-order valence-electron chi connectivity index (χ4n) is 3.02. The number of hydrogen-bond donors (Lipinski definition) is 1. The number of para-hydroxylation sites is 1. The maximum Gasteiger partial charge on any atom is 0.246 e. The Labute approximate surface area is 125 Å². The molecule has 21 heavy (non-hydrogen) atoms. The van der Waals surface area contributed by atoms with Gasteiger partial charge in [-0.15, -0.1) is 0 Å². The molecule has 1 unspecified atom stereocenters. The summed E-state index contributed by atoms with van der Waals surface area (Å²) in [5, 5.41) is 4.03. The Bertz CT molecular complexity index is 595. The Morgan fingerprint density at radius 2 is 2.24 bits per heavy atom. The smallest absolute Gasteiger partial charge is 0.246 e. The van der Waals surface area contributed by atoms with Crippen LogP contribution in [0.1, 0.15) is 43.0 Å². The average Bonchev–Trinajstić information content (AvgIpc) is 3.07. The molecule has 0 spiro atoms. The summed E-state index contributed by atoms with van der Waals surface area (Å²) in [6.07, 6.45) is 2.92. The number of benzene rings is 1. The van der Waals surface area contributed by atoms with E-state index < -0.39 is 0 Å². The highest BCUT2D eigenvalue weighted by atomic mass is 16.5. The fourth-order valence-corrected chi connectivity index (χ4v) is 3.02. The minimum atomic E-state index is 0.504. The molecule has 0 radical (unpaired) electrons. The van der Waals surface area contributed by atoms with Crippen LogP contribution >= 0.6 is 0 Å². The molecule has 0 amide bonds. The lowest BCUT2D eigenvalue weighted by atomic mass is 9.98. The number of nitrogens with zero attached hydrogens (tertiary/aromatic N) is 3. The van der Waals surface area contributed by atoms with Crippen LogP contribution < -0.4 is 10.6 Å². The zero-order chi connectivity index (χ0) is 14.7. The second kappa shape index (κ2) is 6.26. The van der Waals surface area contributed by atoms with Gasteiger partial charge in [0.2, 0.25) is 5.89 Å². The van der Waals surface area contributed by atoms with Crippen LogP contribution in [0.15, 0.2) is 28.8 Å². The van der Waals surface area contributed by atoms with E-state index in [1.165, 1.54) is 11.3 Å². The Hall–Kier alpha value is -1.88. The monoisotopic (exact) mass is 286 g/mol. The number of anilines is 1.